The minimum absolute atomic E-state index is 0.0766. The normalized spacial score (nSPS) is 11.1. The summed E-state index contributed by atoms with van der Waals surface area (Å²) in [5, 5.41) is 8.34. The summed E-state index contributed by atoms with van der Waals surface area (Å²) in [5.41, 5.74) is 5.37. The molecule has 7 nitrogen and oxygen atoms in total. The summed E-state index contributed by atoms with van der Waals surface area (Å²) in [5.74, 6) is 1.68. The van der Waals surface area contributed by atoms with E-state index >= 15 is 0 Å². The number of benzene rings is 3. The maximum atomic E-state index is 13.1. The van der Waals surface area contributed by atoms with Crippen LogP contribution >= 0.6 is 0 Å². The lowest BCUT2D eigenvalue weighted by molar-refractivity contribution is 0.0780. The van der Waals surface area contributed by atoms with Crippen LogP contribution in [0.4, 0.5) is 0 Å². The molecule has 0 N–H and O–H groups in total. The first kappa shape index (κ1) is 21.6. The number of hydrogen-bond acceptors (Lipinski definition) is 5. The van der Waals surface area contributed by atoms with Gasteiger partial charge in [0.15, 0.2) is 0 Å². The summed E-state index contributed by atoms with van der Waals surface area (Å²) < 4.78 is 8.01. The Morgan fingerprint density at radius 2 is 1.68 bits per heavy atom. The summed E-state index contributed by atoms with van der Waals surface area (Å²) in [6, 6.07) is 23.2. The van der Waals surface area contributed by atoms with Gasteiger partial charge in [-0.3, -0.25) is 4.79 Å². The molecule has 1 amide bonds. The Labute approximate surface area is 197 Å². The number of imidazole rings is 1. The molecule has 34 heavy (non-hydrogen) atoms. The van der Waals surface area contributed by atoms with Gasteiger partial charge in [0.25, 0.3) is 5.91 Å². The maximum absolute atomic E-state index is 13.1. The lowest BCUT2D eigenvalue weighted by Crippen LogP contribution is -2.27. The van der Waals surface area contributed by atoms with Crippen LogP contribution in [0, 0.1) is 6.92 Å². The Balaban J connectivity index is 1.32. The van der Waals surface area contributed by atoms with Crippen molar-refractivity contribution in [2.75, 3.05) is 7.05 Å². The van der Waals surface area contributed by atoms with Crippen molar-refractivity contribution in [2.24, 2.45) is 0 Å². The molecule has 0 unspecified atom stereocenters. The van der Waals surface area contributed by atoms with Gasteiger partial charge in [0.05, 0.1) is 17.6 Å². The third kappa shape index (κ3) is 4.08. The molecular weight excluding hydrogens is 426 g/mol. The van der Waals surface area contributed by atoms with Crippen LogP contribution in [0.15, 0.2) is 77.2 Å². The van der Waals surface area contributed by atoms with E-state index in [0.29, 0.717) is 23.9 Å². The Hall–Kier alpha value is -4.26. The number of aryl methyl sites for hydroxylation is 2. The largest absolute Gasteiger partial charge is 0.416 e. The van der Waals surface area contributed by atoms with Crippen LogP contribution in [-0.4, -0.2) is 37.6 Å². The third-order valence-electron chi connectivity index (χ3n) is 5.84. The highest BCUT2D eigenvalue weighted by Crippen LogP contribution is 2.25. The minimum atomic E-state index is -0.0766. The second-order valence-electron chi connectivity index (χ2n) is 8.28. The highest BCUT2D eigenvalue weighted by Gasteiger charge is 2.17. The van der Waals surface area contributed by atoms with E-state index in [9.17, 15) is 4.79 Å². The molecule has 0 saturated heterocycles. The molecule has 5 rings (SSSR count). The number of nitrogens with zero attached hydrogens (tertiary/aromatic N) is 5. The Morgan fingerprint density at radius 3 is 2.41 bits per heavy atom. The van der Waals surface area contributed by atoms with E-state index in [4.69, 9.17) is 9.40 Å². The molecule has 0 fully saturated rings. The quantitative estimate of drug-likeness (QED) is 0.348. The molecule has 2 heterocycles. The lowest BCUT2D eigenvalue weighted by atomic mass is 10.1. The fourth-order valence-electron chi connectivity index (χ4n) is 4.09. The fourth-order valence-corrected chi connectivity index (χ4v) is 4.09. The number of fused-ring (bicyclic) bond motifs is 1. The van der Waals surface area contributed by atoms with Crippen LogP contribution in [-0.2, 0) is 13.1 Å². The zero-order chi connectivity index (χ0) is 23.7. The first-order chi connectivity index (χ1) is 16.5. The number of carbonyl (C=O) groups is 1. The van der Waals surface area contributed by atoms with Gasteiger partial charge in [0.1, 0.15) is 5.82 Å². The van der Waals surface area contributed by atoms with Gasteiger partial charge in [0, 0.05) is 30.3 Å². The predicted octanol–water partition coefficient (Wildman–Crippen LogP) is 5.35. The zero-order valence-corrected chi connectivity index (χ0v) is 19.4. The number of rotatable bonds is 6. The summed E-state index contributed by atoms with van der Waals surface area (Å²) in [7, 11) is 1.79. The zero-order valence-electron chi connectivity index (χ0n) is 19.4. The second kappa shape index (κ2) is 8.94. The van der Waals surface area contributed by atoms with E-state index in [1.807, 2.05) is 61.5 Å². The van der Waals surface area contributed by atoms with Crippen molar-refractivity contribution in [1.82, 2.24) is 24.6 Å². The Bertz CT molecular complexity index is 1470. The van der Waals surface area contributed by atoms with E-state index in [1.54, 1.807) is 24.1 Å². The molecular formula is C27H25N5O2. The van der Waals surface area contributed by atoms with Gasteiger partial charge in [0.2, 0.25) is 11.8 Å². The van der Waals surface area contributed by atoms with Gasteiger partial charge in [-0.15, -0.1) is 10.2 Å². The van der Waals surface area contributed by atoms with Gasteiger partial charge < -0.3 is 13.9 Å². The summed E-state index contributed by atoms with van der Waals surface area (Å²) in [4.78, 5) is 19.5. The van der Waals surface area contributed by atoms with Gasteiger partial charge >= 0.3 is 0 Å². The number of aromatic nitrogens is 4. The number of hydrogen-bond donors (Lipinski definition) is 0. The molecule has 0 radical (unpaired) electrons. The monoisotopic (exact) mass is 451 g/mol. The van der Waals surface area contributed by atoms with Crippen molar-refractivity contribution < 1.29 is 9.21 Å². The third-order valence-corrected chi connectivity index (χ3v) is 5.84. The van der Waals surface area contributed by atoms with Gasteiger partial charge in [-0.05, 0) is 62.4 Å². The van der Waals surface area contributed by atoms with Crippen molar-refractivity contribution in [3.8, 4) is 22.9 Å². The standard InChI is InChI=1S/C27H25N5O2/c1-4-32-23-11-6-5-10-22(23)28-24(32)17-31(3)27(33)20-14-12-19(13-15-20)25-29-30-26(34-25)21-9-7-8-18(2)16-21/h5-16H,4,17H2,1-3H3. The maximum Gasteiger partial charge on any atom is 0.254 e. The van der Waals surface area contributed by atoms with Crippen LogP contribution in [0.3, 0.4) is 0 Å². The highest BCUT2D eigenvalue weighted by atomic mass is 16.4. The van der Waals surface area contributed by atoms with E-state index in [-0.39, 0.29) is 5.91 Å². The predicted molar refractivity (Wildman–Crippen MR) is 131 cm³/mol. The number of para-hydroxylation sites is 2. The average Bonchev–Trinajstić information content (AvgIpc) is 3.48. The lowest BCUT2D eigenvalue weighted by Gasteiger charge is -2.17. The molecule has 7 heteroatoms. The smallest absolute Gasteiger partial charge is 0.254 e. The van der Waals surface area contributed by atoms with Gasteiger partial charge in [-0.25, -0.2) is 4.98 Å². The molecule has 0 aliphatic rings. The van der Waals surface area contributed by atoms with Crippen molar-refractivity contribution in [2.45, 2.75) is 26.9 Å². The van der Waals surface area contributed by atoms with Gasteiger partial charge in [-0.2, -0.15) is 0 Å². The van der Waals surface area contributed by atoms with E-state index in [0.717, 1.165) is 40.1 Å². The first-order valence-electron chi connectivity index (χ1n) is 11.2. The van der Waals surface area contributed by atoms with Crippen LogP contribution in [0.2, 0.25) is 0 Å². The second-order valence-corrected chi connectivity index (χ2v) is 8.28. The van der Waals surface area contributed by atoms with Crippen LogP contribution < -0.4 is 0 Å². The first-order valence-corrected chi connectivity index (χ1v) is 11.2. The van der Waals surface area contributed by atoms with E-state index in [1.165, 1.54) is 0 Å². The topological polar surface area (TPSA) is 77.0 Å². The van der Waals surface area contributed by atoms with E-state index in [2.05, 4.69) is 27.8 Å². The average molecular weight is 452 g/mol. The van der Waals surface area contributed by atoms with Crippen molar-refractivity contribution in [1.29, 1.82) is 0 Å². The van der Waals surface area contributed by atoms with Crippen molar-refractivity contribution >= 4 is 16.9 Å². The van der Waals surface area contributed by atoms with Crippen LogP contribution in [0.1, 0.15) is 28.7 Å². The molecule has 0 aliphatic carbocycles. The fraction of sp³-hybridized carbons (Fsp3) is 0.185. The molecule has 170 valence electrons. The van der Waals surface area contributed by atoms with Crippen LogP contribution in [0.25, 0.3) is 33.9 Å². The summed E-state index contributed by atoms with van der Waals surface area (Å²) >= 11 is 0. The SMILES string of the molecule is CCn1c(CN(C)C(=O)c2ccc(-c3nnc(-c4cccc(C)c4)o3)cc2)nc2ccccc21. The molecule has 0 atom stereocenters. The van der Waals surface area contributed by atoms with Crippen molar-refractivity contribution in [3.05, 3.63) is 89.7 Å². The molecule has 3 aromatic carbocycles. The molecule has 2 aromatic heterocycles. The minimum Gasteiger partial charge on any atom is -0.416 e. The summed E-state index contributed by atoms with van der Waals surface area (Å²) in [6.45, 7) is 5.32. The number of carbonyl (C=O) groups excluding carboxylic acids is 1. The van der Waals surface area contributed by atoms with Crippen LogP contribution in [0.5, 0.6) is 0 Å². The Morgan fingerprint density at radius 1 is 0.941 bits per heavy atom. The molecule has 0 aliphatic heterocycles. The number of amides is 1. The molecule has 0 bridgehead atoms. The molecule has 5 aromatic rings. The molecule has 0 spiro atoms. The van der Waals surface area contributed by atoms with Gasteiger partial charge in [-0.1, -0.05) is 29.8 Å². The Kier molecular flexibility index (Phi) is 5.67. The van der Waals surface area contributed by atoms with E-state index < -0.39 is 0 Å². The summed E-state index contributed by atoms with van der Waals surface area (Å²) in [6.07, 6.45) is 0. The molecule has 0 saturated carbocycles. The van der Waals surface area contributed by atoms with Crippen molar-refractivity contribution in [3.63, 3.8) is 0 Å². The highest BCUT2D eigenvalue weighted by molar-refractivity contribution is 5.94.